The lowest BCUT2D eigenvalue weighted by molar-refractivity contribution is 0.0951. The van der Waals surface area contributed by atoms with Crippen LogP contribution in [0, 0.1) is 3.57 Å². The van der Waals surface area contributed by atoms with Crippen LogP contribution in [-0.4, -0.2) is 5.91 Å². The predicted octanol–water partition coefficient (Wildman–Crippen LogP) is 4.50. The first-order valence-corrected chi connectivity index (χ1v) is 8.24. The van der Waals surface area contributed by atoms with Crippen LogP contribution in [0.15, 0.2) is 29.6 Å². The van der Waals surface area contributed by atoms with Crippen molar-refractivity contribution in [1.82, 2.24) is 5.32 Å². The molecular formula is C14H13ClINOS. The molecule has 1 heterocycles. The summed E-state index contributed by atoms with van der Waals surface area (Å²) in [6.45, 7) is 2.69. The Labute approximate surface area is 135 Å². The first-order valence-electron chi connectivity index (χ1n) is 5.90. The maximum atomic E-state index is 12.0. The highest BCUT2D eigenvalue weighted by atomic mass is 127. The quantitative estimate of drug-likeness (QED) is 0.746. The van der Waals surface area contributed by atoms with Crippen LogP contribution in [0.2, 0.25) is 5.02 Å². The fourth-order valence-electron chi connectivity index (χ4n) is 1.74. The van der Waals surface area contributed by atoms with E-state index in [0.29, 0.717) is 17.1 Å². The summed E-state index contributed by atoms with van der Waals surface area (Å²) >= 11 is 9.84. The molecule has 0 unspecified atom stereocenters. The largest absolute Gasteiger partial charge is 0.347 e. The SMILES string of the molecule is CCc1ccsc1CNC(=O)c1ccc(I)c(Cl)c1. The van der Waals surface area contributed by atoms with Gasteiger partial charge in [0.25, 0.3) is 5.91 Å². The van der Waals surface area contributed by atoms with Gasteiger partial charge in [0, 0.05) is 14.0 Å². The molecule has 1 aromatic carbocycles. The highest BCUT2D eigenvalue weighted by Gasteiger charge is 2.09. The van der Waals surface area contributed by atoms with Crippen LogP contribution >= 0.6 is 45.5 Å². The van der Waals surface area contributed by atoms with Gasteiger partial charge in [-0.15, -0.1) is 11.3 Å². The number of amides is 1. The molecule has 100 valence electrons. The smallest absolute Gasteiger partial charge is 0.251 e. The van der Waals surface area contributed by atoms with Crippen LogP contribution in [0.1, 0.15) is 27.7 Å². The Morgan fingerprint density at radius 1 is 1.42 bits per heavy atom. The van der Waals surface area contributed by atoms with E-state index >= 15 is 0 Å². The summed E-state index contributed by atoms with van der Waals surface area (Å²) in [7, 11) is 0. The molecule has 2 rings (SSSR count). The molecular weight excluding hydrogens is 393 g/mol. The lowest BCUT2D eigenvalue weighted by Crippen LogP contribution is -2.22. The second-order valence-electron chi connectivity index (χ2n) is 4.03. The van der Waals surface area contributed by atoms with Gasteiger partial charge >= 0.3 is 0 Å². The van der Waals surface area contributed by atoms with Crippen molar-refractivity contribution in [2.24, 2.45) is 0 Å². The average Bonchev–Trinajstić information content (AvgIpc) is 2.86. The van der Waals surface area contributed by atoms with Crippen molar-refractivity contribution in [3.8, 4) is 0 Å². The van der Waals surface area contributed by atoms with Crippen LogP contribution < -0.4 is 5.32 Å². The van der Waals surface area contributed by atoms with E-state index in [-0.39, 0.29) is 5.91 Å². The van der Waals surface area contributed by atoms with Crippen molar-refractivity contribution in [2.45, 2.75) is 19.9 Å². The lowest BCUT2D eigenvalue weighted by atomic mass is 10.2. The molecule has 0 aliphatic heterocycles. The Balaban J connectivity index is 2.03. The molecule has 2 aromatic rings. The van der Waals surface area contributed by atoms with E-state index in [1.165, 1.54) is 10.4 Å². The average molecular weight is 406 g/mol. The molecule has 0 saturated heterocycles. The summed E-state index contributed by atoms with van der Waals surface area (Å²) in [5.41, 5.74) is 1.89. The molecule has 1 N–H and O–H groups in total. The molecule has 0 spiro atoms. The van der Waals surface area contributed by atoms with Gasteiger partial charge in [-0.1, -0.05) is 18.5 Å². The minimum absolute atomic E-state index is 0.0891. The standard InChI is InChI=1S/C14H13ClINOS/c1-2-9-5-6-19-13(9)8-17-14(18)10-3-4-12(16)11(15)7-10/h3-7H,2,8H2,1H3,(H,17,18). The number of carbonyl (C=O) groups excluding carboxylic acids is 1. The Hall–Kier alpha value is -0.590. The minimum atomic E-state index is -0.0891. The molecule has 5 heteroatoms. The normalized spacial score (nSPS) is 10.5. The second-order valence-corrected chi connectivity index (χ2v) is 6.60. The first kappa shape index (κ1) is 14.8. The van der Waals surface area contributed by atoms with E-state index in [1.54, 1.807) is 23.5 Å². The summed E-state index contributed by atoms with van der Waals surface area (Å²) < 4.78 is 0.947. The molecule has 0 fully saturated rings. The molecule has 2 nitrogen and oxygen atoms in total. The van der Waals surface area contributed by atoms with Crippen molar-refractivity contribution in [1.29, 1.82) is 0 Å². The third kappa shape index (κ3) is 3.70. The Kier molecular flexibility index (Phi) is 5.24. The van der Waals surface area contributed by atoms with Crippen LogP contribution in [0.5, 0.6) is 0 Å². The maximum absolute atomic E-state index is 12.0. The Morgan fingerprint density at radius 3 is 2.89 bits per heavy atom. The van der Waals surface area contributed by atoms with Crippen LogP contribution in [0.3, 0.4) is 0 Å². The van der Waals surface area contributed by atoms with E-state index in [1.807, 2.05) is 6.07 Å². The molecule has 0 aliphatic rings. The van der Waals surface area contributed by atoms with Crippen molar-refractivity contribution >= 4 is 51.4 Å². The van der Waals surface area contributed by atoms with Crippen molar-refractivity contribution in [3.63, 3.8) is 0 Å². The minimum Gasteiger partial charge on any atom is -0.347 e. The molecule has 0 aliphatic carbocycles. The third-order valence-electron chi connectivity index (χ3n) is 2.81. The van der Waals surface area contributed by atoms with Gasteiger partial charge < -0.3 is 5.32 Å². The van der Waals surface area contributed by atoms with Gasteiger partial charge in [-0.3, -0.25) is 4.79 Å². The molecule has 1 aromatic heterocycles. The number of halogens is 2. The molecule has 1 amide bonds. The van der Waals surface area contributed by atoms with E-state index in [4.69, 9.17) is 11.6 Å². The monoisotopic (exact) mass is 405 g/mol. The van der Waals surface area contributed by atoms with Crippen molar-refractivity contribution in [2.75, 3.05) is 0 Å². The van der Waals surface area contributed by atoms with Gasteiger partial charge in [-0.05, 0) is 64.2 Å². The summed E-state index contributed by atoms with van der Waals surface area (Å²) in [5.74, 6) is -0.0891. The fraction of sp³-hybridized carbons (Fsp3) is 0.214. The number of thiophene rings is 1. The van der Waals surface area contributed by atoms with Gasteiger partial charge in [-0.25, -0.2) is 0 Å². The number of aryl methyl sites for hydroxylation is 1. The van der Waals surface area contributed by atoms with Crippen LogP contribution in [-0.2, 0) is 13.0 Å². The zero-order chi connectivity index (χ0) is 13.8. The number of rotatable bonds is 4. The fourth-order valence-corrected chi connectivity index (χ4v) is 3.17. The molecule has 0 radical (unpaired) electrons. The topological polar surface area (TPSA) is 29.1 Å². The summed E-state index contributed by atoms with van der Waals surface area (Å²) in [5, 5.41) is 5.60. The van der Waals surface area contributed by atoms with Gasteiger partial charge in [0.1, 0.15) is 0 Å². The zero-order valence-corrected chi connectivity index (χ0v) is 14.1. The molecule has 0 atom stereocenters. The highest BCUT2D eigenvalue weighted by Crippen LogP contribution is 2.20. The number of hydrogen-bond donors (Lipinski definition) is 1. The summed E-state index contributed by atoms with van der Waals surface area (Å²) in [6, 6.07) is 7.44. The summed E-state index contributed by atoms with van der Waals surface area (Å²) in [6.07, 6.45) is 0.990. The summed E-state index contributed by atoms with van der Waals surface area (Å²) in [4.78, 5) is 13.3. The van der Waals surface area contributed by atoms with E-state index < -0.39 is 0 Å². The Bertz CT molecular complexity index is 597. The number of nitrogens with one attached hydrogen (secondary N) is 1. The number of benzene rings is 1. The van der Waals surface area contributed by atoms with Crippen molar-refractivity contribution in [3.05, 3.63) is 54.2 Å². The predicted molar refractivity (Wildman–Crippen MR) is 89.0 cm³/mol. The molecule has 0 bridgehead atoms. The highest BCUT2D eigenvalue weighted by molar-refractivity contribution is 14.1. The van der Waals surface area contributed by atoms with E-state index in [2.05, 4.69) is 46.3 Å². The lowest BCUT2D eigenvalue weighted by Gasteiger charge is -2.06. The van der Waals surface area contributed by atoms with Gasteiger partial charge in [0.2, 0.25) is 0 Å². The maximum Gasteiger partial charge on any atom is 0.251 e. The van der Waals surface area contributed by atoms with Crippen LogP contribution in [0.4, 0.5) is 0 Å². The first-order chi connectivity index (χ1) is 9.11. The van der Waals surface area contributed by atoms with Crippen molar-refractivity contribution < 1.29 is 4.79 Å². The van der Waals surface area contributed by atoms with Crippen LogP contribution in [0.25, 0.3) is 0 Å². The van der Waals surface area contributed by atoms with Gasteiger partial charge in [0.05, 0.1) is 11.6 Å². The molecule has 19 heavy (non-hydrogen) atoms. The van der Waals surface area contributed by atoms with Gasteiger partial charge in [-0.2, -0.15) is 0 Å². The number of hydrogen-bond acceptors (Lipinski definition) is 2. The Morgan fingerprint density at radius 2 is 2.21 bits per heavy atom. The third-order valence-corrected chi connectivity index (χ3v) is 5.35. The molecule has 0 saturated carbocycles. The number of carbonyl (C=O) groups is 1. The zero-order valence-electron chi connectivity index (χ0n) is 10.4. The van der Waals surface area contributed by atoms with Gasteiger partial charge in [0.15, 0.2) is 0 Å². The van der Waals surface area contributed by atoms with E-state index in [0.717, 1.165) is 9.99 Å². The second kappa shape index (κ2) is 6.72. The van der Waals surface area contributed by atoms with E-state index in [9.17, 15) is 4.79 Å².